The number of aryl methyl sites for hydroxylation is 1. The third kappa shape index (κ3) is 3.05. The van der Waals surface area contributed by atoms with E-state index in [4.69, 9.17) is 5.11 Å². The second-order valence-corrected chi connectivity index (χ2v) is 6.49. The molecule has 7 heteroatoms. The van der Waals surface area contributed by atoms with Gasteiger partial charge in [-0.2, -0.15) is 0 Å². The molecular weight excluding hydrogens is 324 g/mol. The van der Waals surface area contributed by atoms with Crippen LogP contribution in [0.25, 0.3) is 0 Å². The number of carbonyl (C=O) groups is 1. The Morgan fingerprint density at radius 1 is 1.47 bits per heavy atom. The number of nitrogens with zero attached hydrogens (tertiary/aromatic N) is 2. The number of hydrogen-bond donors (Lipinski definition) is 1. The normalized spacial score (nSPS) is 10.5. The Bertz CT molecular complexity index is 571. The fourth-order valence-electron chi connectivity index (χ4n) is 1.15. The van der Waals surface area contributed by atoms with Crippen LogP contribution in [0, 0.1) is 6.92 Å². The van der Waals surface area contributed by atoms with Gasteiger partial charge in [0, 0.05) is 9.37 Å². The van der Waals surface area contributed by atoms with Crippen LogP contribution in [0.2, 0.25) is 0 Å². The molecule has 2 aromatic rings. The van der Waals surface area contributed by atoms with Crippen molar-refractivity contribution in [2.24, 2.45) is 0 Å². The molecule has 0 atom stereocenters. The van der Waals surface area contributed by atoms with E-state index in [-0.39, 0.29) is 5.56 Å². The molecule has 0 aliphatic carbocycles. The van der Waals surface area contributed by atoms with Crippen molar-refractivity contribution in [3.63, 3.8) is 0 Å². The van der Waals surface area contributed by atoms with Gasteiger partial charge in [-0.3, -0.25) is 0 Å². The maximum atomic E-state index is 11.0. The van der Waals surface area contributed by atoms with Gasteiger partial charge in [0.15, 0.2) is 4.34 Å². The molecule has 0 amide bonds. The van der Waals surface area contributed by atoms with E-state index in [0.717, 1.165) is 14.2 Å². The average molecular weight is 331 g/mol. The summed E-state index contributed by atoms with van der Waals surface area (Å²) in [7, 11) is 0. The molecule has 0 unspecified atom stereocenters. The molecule has 1 aromatic carbocycles. The lowest BCUT2D eigenvalue weighted by Gasteiger charge is -2.02. The summed E-state index contributed by atoms with van der Waals surface area (Å²) in [6.45, 7) is 1.88. The third-order valence-corrected chi connectivity index (χ3v) is 4.45. The highest BCUT2D eigenvalue weighted by molar-refractivity contribution is 9.10. The highest BCUT2D eigenvalue weighted by Crippen LogP contribution is 2.32. The Labute approximate surface area is 114 Å². The molecular formula is C10H7BrN2O2S2. The van der Waals surface area contributed by atoms with Crippen LogP contribution < -0.4 is 0 Å². The Kier molecular flexibility index (Phi) is 3.80. The highest BCUT2D eigenvalue weighted by atomic mass is 79.9. The Balaban J connectivity index is 2.28. The summed E-state index contributed by atoms with van der Waals surface area (Å²) in [5, 5.41) is 17.8. The van der Waals surface area contributed by atoms with Crippen molar-refractivity contribution in [2.45, 2.75) is 16.2 Å². The number of hydrogen-bond acceptors (Lipinski definition) is 5. The average Bonchev–Trinajstić information content (AvgIpc) is 2.66. The number of carboxylic acid groups (broad SMARTS) is 1. The molecule has 0 saturated carbocycles. The van der Waals surface area contributed by atoms with Gasteiger partial charge in [-0.25, -0.2) is 4.79 Å². The summed E-state index contributed by atoms with van der Waals surface area (Å²) >= 11 is 6.10. The number of carboxylic acids is 1. The van der Waals surface area contributed by atoms with Crippen molar-refractivity contribution in [3.8, 4) is 0 Å². The smallest absolute Gasteiger partial charge is 0.336 e. The van der Waals surface area contributed by atoms with E-state index in [1.54, 1.807) is 12.1 Å². The lowest BCUT2D eigenvalue weighted by atomic mass is 10.2. The second kappa shape index (κ2) is 5.16. The van der Waals surface area contributed by atoms with E-state index in [1.807, 2.05) is 13.0 Å². The number of benzene rings is 1. The number of aromatic carboxylic acids is 1. The molecule has 1 N–H and O–H groups in total. The van der Waals surface area contributed by atoms with Crippen LogP contribution in [0.3, 0.4) is 0 Å². The standard InChI is InChI=1S/C10H7BrN2O2S2/c1-5-12-13-10(16-5)17-6-2-3-8(11)7(4-6)9(14)15/h2-4H,1H3,(H,14,15). The van der Waals surface area contributed by atoms with Gasteiger partial charge in [0.2, 0.25) is 0 Å². The molecule has 17 heavy (non-hydrogen) atoms. The second-order valence-electron chi connectivity index (χ2n) is 3.14. The molecule has 4 nitrogen and oxygen atoms in total. The molecule has 0 aliphatic rings. The number of rotatable bonds is 3. The maximum absolute atomic E-state index is 11.0. The van der Waals surface area contributed by atoms with Crippen molar-refractivity contribution in [1.82, 2.24) is 10.2 Å². The van der Waals surface area contributed by atoms with E-state index in [0.29, 0.717) is 4.47 Å². The van der Waals surface area contributed by atoms with Crippen LogP contribution in [-0.4, -0.2) is 21.3 Å². The van der Waals surface area contributed by atoms with Crippen LogP contribution in [0.15, 0.2) is 31.9 Å². The van der Waals surface area contributed by atoms with E-state index in [1.165, 1.54) is 23.1 Å². The van der Waals surface area contributed by atoms with Gasteiger partial charge in [0.25, 0.3) is 0 Å². The van der Waals surface area contributed by atoms with E-state index >= 15 is 0 Å². The first-order valence-corrected chi connectivity index (χ1v) is 6.99. The SMILES string of the molecule is Cc1nnc(Sc2ccc(Br)c(C(=O)O)c2)s1. The predicted octanol–water partition coefficient (Wildman–Crippen LogP) is 3.46. The molecule has 2 rings (SSSR count). The molecule has 0 spiro atoms. The van der Waals surface area contributed by atoms with Crippen molar-refractivity contribution >= 4 is 45.0 Å². The van der Waals surface area contributed by atoms with Crippen LogP contribution in [0.1, 0.15) is 15.4 Å². The first kappa shape index (κ1) is 12.5. The van der Waals surface area contributed by atoms with Gasteiger partial charge < -0.3 is 5.11 Å². The monoisotopic (exact) mass is 330 g/mol. The maximum Gasteiger partial charge on any atom is 0.336 e. The minimum atomic E-state index is -0.951. The Morgan fingerprint density at radius 2 is 2.24 bits per heavy atom. The van der Waals surface area contributed by atoms with Gasteiger partial charge in [-0.05, 0) is 41.1 Å². The van der Waals surface area contributed by atoms with Crippen molar-refractivity contribution in [3.05, 3.63) is 33.2 Å². The Morgan fingerprint density at radius 3 is 2.82 bits per heavy atom. The molecule has 0 fully saturated rings. The third-order valence-electron chi connectivity index (χ3n) is 1.88. The molecule has 0 aliphatic heterocycles. The van der Waals surface area contributed by atoms with Gasteiger partial charge in [-0.1, -0.05) is 23.1 Å². The summed E-state index contributed by atoms with van der Waals surface area (Å²) < 4.78 is 1.38. The van der Waals surface area contributed by atoms with Gasteiger partial charge in [-0.15, -0.1) is 10.2 Å². The summed E-state index contributed by atoms with van der Waals surface area (Å²) in [6.07, 6.45) is 0. The fourth-order valence-corrected chi connectivity index (χ4v) is 3.40. The van der Waals surface area contributed by atoms with E-state index in [2.05, 4.69) is 26.1 Å². The van der Waals surface area contributed by atoms with Crippen LogP contribution >= 0.6 is 39.0 Å². The van der Waals surface area contributed by atoms with Crippen LogP contribution in [-0.2, 0) is 0 Å². The van der Waals surface area contributed by atoms with Crippen LogP contribution in [0.5, 0.6) is 0 Å². The topological polar surface area (TPSA) is 63.1 Å². The predicted molar refractivity (Wildman–Crippen MR) is 69.9 cm³/mol. The quantitative estimate of drug-likeness (QED) is 0.933. The fraction of sp³-hybridized carbons (Fsp3) is 0.100. The first-order chi connectivity index (χ1) is 8.06. The lowest BCUT2D eigenvalue weighted by Crippen LogP contribution is -1.97. The molecule has 0 radical (unpaired) electrons. The minimum absolute atomic E-state index is 0.247. The number of aromatic nitrogens is 2. The minimum Gasteiger partial charge on any atom is -0.478 e. The van der Waals surface area contributed by atoms with Crippen molar-refractivity contribution in [1.29, 1.82) is 0 Å². The van der Waals surface area contributed by atoms with Gasteiger partial charge >= 0.3 is 5.97 Å². The molecule has 88 valence electrons. The van der Waals surface area contributed by atoms with Gasteiger partial charge in [0.1, 0.15) is 5.01 Å². The summed E-state index contributed by atoms with van der Waals surface area (Å²) in [4.78, 5) is 11.8. The number of halogens is 1. The highest BCUT2D eigenvalue weighted by Gasteiger charge is 2.10. The zero-order chi connectivity index (χ0) is 12.4. The largest absolute Gasteiger partial charge is 0.478 e. The summed E-state index contributed by atoms with van der Waals surface area (Å²) in [6, 6.07) is 5.19. The summed E-state index contributed by atoms with van der Waals surface area (Å²) in [5.41, 5.74) is 0.247. The van der Waals surface area contributed by atoms with Crippen LogP contribution in [0.4, 0.5) is 0 Å². The molecule has 0 bridgehead atoms. The van der Waals surface area contributed by atoms with Gasteiger partial charge in [0.05, 0.1) is 5.56 Å². The van der Waals surface area contributed by atoms with Crippen molar-refractivity contribution in [2.75, 3.05) is 0 Å². The van der Waals surface area contributed by atoms with E-state index < -0.39 is 5.97 Å². The van der Waals surface area contributed by atoms with E-state index in [9.17, 15) is 4.79 Å². The molecule has 0 saturated heterocycles. The first-order valence-electron chi connectivity index (χ1n) is 4.57. The Hall–Kier alpha value is -0.920. The van der Waals surface area contributed by atoms with Crippen molar-refractivity contribution < 1.29 is 9.90 Å². The summed E-state index contributed by atoms with van der Waals surface area (Å²) in [5.74, 6) is -0.951. The lowest BCUT2D eigenvalue weighted by molar-refractivity contribution is 0.0695. The zero-order valence-corrected chi connectivity index (χ0v) is 11.9. The molecule has 1 aromatic heterocycles. The molecule has 1 heterocycles. The zero-order valence-electron chi connectivity index (χ0n) is 8.68.